The van der Waals surface area contributed by atoms with Crippen molar-refractivity contribution >= 4 is 17.3 Å². The molecule has 1 atom stereocenters. The Morgan fingerprint density at radius 3 is 2.75 bits per heavy atom. The van der Waals surface area contributed by atoms with E-state index in [1.165, 1.54) is 24.3 Å². The third-order valence-electron chi connectivity index (χ3n) is 5.01. The Kier molecular flexibility index (Phi) is 5.58. The maximum atomic E-state index is 10.9. The number of ether oxygens (including phenoxy) is 2. The maximum Gasteiger partial charge on any atom is 0.269 e. The number of hydrogen-bond acceptors (Lipinski definition) is 7. The van der Waals surface area contributed by atoms with E-state index < -0.39 is 10.8 Å². The molecule has 0 fully saturated rings. The highest BCUT2D eigenvalue weighted by Crippen LogP contribution is 2.44. The molecule has 160 valence electrons. The molecule has 0 aromatic heterocycles. The average Bonchev–Trinajstić information content (AvgIpc) is 2.77. The molecule has 1 aliphatic heterocycles. The summed E-state index contributed by atoms with van der Waals surface area (Å²) >= 11 is 6.44. The minimum absolute atomic E-state index is 0.0126. The molecule has 0 radical (unpaired) electrons. The van der Waals surface area contributed by atoms with E-state index in [1.807, 2.05) is 0 Å². The molecular weight excluding hydrogens is 434 g/mol. The summed E-state index contributed by atoms with van der Waals surface area (Å²) in [6.45, 7) is 0.0937. The number of nitriles is 1. The van der Waals surface area contributed by atoms with Gasteiger partial charge in [-0.15, -0.1) is 0 Å². The van der Waals surface area contributed by atoms with Crippen molar-refractivity contribution in [2.75, 3.05) is 0 Å². The molecule has 32 heavy (non-hydrogen) atoms. The Labute approximate surface area is 187 Å². The van der Waals surface area contributed by atoms with E-state index >= 15 is 0 Å². The zero-order valence-corrected chi connectivity index (χ0v) is 17.2. The SMILES string of the molecule is N#CC1=C(N)Oc2cc(O)ccc2[C@@H]1c1ccc(OCc2cccc([N+](=O)[O-])c2)c(Cl)c1. The number of halogens is 1. The van der Waals surface area contributed by atoms with Crippen LogP contribution in [0.2, 0.25) is 5.02 Å². The highest BCUT2D eigenvalue weighted by atomic mass is 35.5. The van der Waals surface area contributed by atoms with Crippen molar-refractivity contribution in [1.29, 1.82) is 5.26 Å². The van der Waals surface area contributed by atoms with E-state index in [2.05, 4.69) is 6.07 Å². The van der Waals surface area contributed by atoms with Crippen LogP contribution in [0.3, 0.4) is 0 Å². The molecule has 0 saturated carbocycles. The molecule has 0 amide bonds. The first-order valence-corrected chi connectivity index (χ1v) is 9.81. The standard InChI is InChI=1S/C23H16ClN3O5/c24-19-9-14(4-7-20(19)31-12-13-2-1-3-15(8-13)27(29)30)22-17-6-5-16(28)10-21(17)32-23(26)18(22)11-25/h1-10,22,28H,12,26H2/t22-/m0/s1. The Bertz CT molecular complexity index is 1300. The van der Waals surface area contributed by atoms with Crippen molar-refractivity contribution in [1.82, 2.24) is 0 Å². The fraction of sp³-hybridized carbons (Fsp3) is 0.0870. The second-order valence-corrected chi connectivity index (χ2v) is 7.46. The third-order valence-corrected chi connectivity index (χ3v) is 5.30. The normalized spacial score (nSPS) is 14.8. The topological polar surface area (TPSA) is 132 Å². The van der Waals surface area contributed by atoms with Gasteiger partial charge < -0.3 is 20.3 Å². The summed E-state index contributed by atoms with van der Waals surface area (Å²) in [7, 11) is 0. The van der Waals surface area contributed by atoms with Crippen LogP contribution in [0.15, 0.2) is 72.1 Å². The molecular formula is C23H16ClN3O5. The molecule has 0 saturated heterocycles. The maximum absolute atomic E-state index is 10.9. The molecule has 8 nitrogen and oxygen atoms in total. The van der Waals surface area contributed by atoms with Gasteiger partial charge in [-0.1, -0.05) is 35.9 Å². The van der Waals surface area contributed by atoms with Crippen LogP contribution >= 0.6 is 11.6 Å². The first-order valence-electron chi connectivity index (χ1n) is 9.43. The number of hydrogen-bond donors (Lipinski definition) is 2. The summed E-state index contributed by atoms with van der Waals surface area (Å²) in [6, 6.07) is 17.9. The van der Waals surface area contributed by atoms with Crippen LogP contribution in [0, 0.1) is 21.4 Å². The highest BCUT2D eigenvalue weighted by Gasteiger charge is 2.31. The Morgan fingerprint density at radius 2 is 2.03 bits per heavy atom. The minimum Gasteiger partial charge on any atom is -0.508 e. The fourth-order valence-electron chi connectivity index (χ4n) is 3.52. The number of rotatable bonds is 5. The van der Waals surface area contributed by atoms with Crippen LogP contribution in [0.5, 0.6) is 17.2 Å². The van der Waals surface area contributed by atoms with Crippen LogP contribution < -0.4 is 15.2 Å². The Balaban J connectivity index is 1.63. The summed E-state index contributed by atoms with van der Waals surface area (Å²) in [5.41, 5.74) is 8.12. The van der Waals surface area contributed by atoms with Gasteiger partial charge in [0.25, 0.3) is 5.69 Å². The number of nitrogens with zero attached hydrogens (tertiary/aromatic N) is 2. The van der Waals surface area contributed by atoms with E-state index in [-0.39, 0.29) is 29.5 Å². The lowest BCUT2D eigenvalue weighted by molar-refractivity contribution is -0.384. The van der Waals surface area contributed by atoms with E-state index in [4.69, 9.17) is 26.8 Å². The average molecular weight is 450 g/mol. The second-order valence-electron chi connectivity index (χ2n) is 7.05. The molecule has 1 heterocycles. The lowest BCUT2D eigenvalue weighted by atomic mass is 9.83. The van der Waals surface area contributed by atoms with E-state index in [1.54, 1.807) is 36.4 Å². The quantitative estimate of drug-likeness (QED) is 0.424. The first kappa shape index (κ1) is 21.0. The van der Waals surface area contributed by atoms with Crippen LogP contribution in [0.1, 0.15) is 22.6 Å². The number of allylic oxidation sites excluding steroid dienone is 1. The van der Waals surface area contributed by atoms with Gasteiger partial charge in [0.1, 0.15) is 35.5 Å². The van der Waals surface area contributed by atoms with Gasteiger partial charge in [0.2, 0.25) is 5.88 Å². The smallest absolute Gasteiger partial charge is 0.269 e. The molecule has 1 aliphatic rings. The Hall–Kier alpha value is -4.22. The van der Waals surface area contributed by atoms with E-state index in [0.717, 1.165) is 0 Å². The highest BCUT2D eigenvalue weighted by molar-refractivity contribution is 6.32. The molecule has 4 rings (SSSR count). The van der Waals surface area contributed by atoms with Crippen molar-refractivity contribution in [2.45, 2.75) is 12.5 Å². The predicted octanol–water partition coefficient (Wildman–Crippen LogP) is 4.75. The molecule has 3 N–H and O–H groups in total. The summed E-state index contributed by atoms with van der Waals surface area (Å²) in [5, 5.41) is 30.6. The van der Waals surface area contributed by atoms with Gasteiger partial charge in [-0.3, -0.25) is 10.1 Å². The summed E-state index contributed by atoms with van der Waals surface area (Å²) in [4.78, 5) is 10.5. The van der Waals surface area contributed by atoms with Gasteiger partial charge in [-0.2, -0.15) is 5.26 Å². The van der Waals surface area contributed by atoms with Gasteiger partial charge in [-0.05, 0) is 29.3 Å². The van der Waals surface area contributed by atoms with Crippen LogP contribution in [0.4, 0.5) is 5.69 Å². The molecule has 3 aromatic rings. The number of aromatic hydroxyl groups is 1. The lowest BCUT2D eigenvalue weighted by Gasteiger charge is -2.26. The number of nitro groups is 1. The first-order chi connectivity index (χ1) is 15.4. The van der Waals surface area contributed by atoms with Gasteiger partial charge >= 0.3 is 0 Å². The molecule has 0 unspecified atom stereocenters. The number of benzene rings is 3. The second kappa shape index (κ2) is 8.49. The monoisotopic (exact) mass is 449 g/mol. The largest absolute Gasteiger partial charge is 0.508 e. The van der Waals surface area contributed by atoms with E-state index in [9.17, 15) is 20.5 Å². The van der Waals surface area contributed by atoms with Gasteiger partial charge in [0, 0.05) is 23.8 Å². The number of non-ortho nitro benzene ring substituents is 1. The summed E-state index contributed by atoms with van der Waals surface area (Å²) in [6.07, 6.45) is 0. The lowest BCUT2D eigenvalue weighted by Crippen LogP contribution is -2.21. The van der Waals surface area contributed by atoms with Crippen LogP contribution in [-0.4, -0.2) is 10.0 Å². The number of phenols is 1. The number of fused-ring (bicyclic) bond motifs is 1. The van der Waals surface area contributed by atoms with Crippen molar-refractivity contribution in [3.8, 4) is 23.3 Å². The molecule has 0 aliphatic carbocycles. The van der Waals surface area contributed by atoms with Crippen LogP contribution in [0.25, 0.3) is 0 Å². The van der Waals surface area contributed by atoms with Crippen molar-refractivity contribution in [3.05, 3.63) is 104 Å². The van der Waals surface area contributed by atoms with Crippen molar-refractivity contribution < 1.29 is 19.5 Å². The molecule has 0 bridgehead atoms. The van der Waals surface area contributed by atoms with Gasteiger partial charge in [0.15, 0.2) is 0 Å². The fourth-order valence-corrected chi connectivity index (χ4v) is 3.77. The Morgan fingerprint density at radius 1 is 1.22 bits per heavy atom. The predicted molar refractivity (Wildman–Crippen MR) is 116 cm³/mol. The third kappa shape index (κ3) is 4.02. The molecule has 3 aromatic carbocycles. The number of nitro benzene ring substituents is 1. The van der Waals surface area contributed by atoms with Crippen LogP contribution in [-0.2, 0) is 6.61 Å². The summed E-state index contributed by atoms with van der Waals surface area (Å²) in [5.74, 6) is 0.174. The van der Waals surface area contributed by atoms with Gasteiger partial charge in [0.05, 0.1) is 15.9 Å². The van der Waals surface area contributed by atoms with Crippen molar-refractivity contribution in [2.24, 2.45) is 5.73 Å². The number of nitrogens with two attached hydrogens (primary N) is 1. The molecule has 0 spiro atoms. The van der Waals surface area contributed by atoms with Crippen molar-refractivity contribution in [3.63, 3.8) is 0 Å². The zero-order valence-electron chi connectivity index (χ0n) is 16.5. The zero-order chi connectivity index (χ0) is 22.8. The molecule has 9 heteroatoms. The van der Waals surface area contributed by atoms with Gasteiger partial charge in [-0.25, -0.2) is 0 Å². The minimum atomic E-state index is -0.535. The number of phenolic OH excluding ortho intramolecular Hbond substituents is 1. The van der Waals surface area contributed by atoms with E-state index in [0.29, 0.717) is 33.2 Å². The summed E-state index contributed by atoms with van der Waals surface area (Å²) < 4.78 is 11.3.